The van der Waals surface area contributed by atoms with E-state index in [9.17, 15) is 9.59 Å². The zero-order chi connectivity index (χ0) is 17.5. The molecule has 1 aromatic carbocycles. The first-order chi connectivity index (χ1) is 11.5. The number of aromatic nitrogens is 1. The summed E-state index contributed by atoms with van der Waals surface area (Å²) in [6.07, 6.45) is 3.41. The summed E-state index contributed by atoms with van der Waals surface area (Å²) in [6, 6.07) is 5.00. The average molecular weight is 369 g/mol. The molecule has 0 spiro atoms. The van der Waals surface area contributed by atoms with Gasteiger partial charge in [-0.15, -0.1) is 0 Å². The van der Waals surface area contributed by atoms with Crippen LogP contribution in [0.1, 0.15) is 36.5 Å². The lowest BCUT2D eigenvalue weighted by Gasteiger charge is -2.08. The van der Waals surface area contributed by atoms with Crippen LogP contribution in [0.15, 0.2) is 24.4 Å². The molecule has 1 amide bonds. The van der Waals surface area contributed by atoms with Crippen molar-refractivity contribution in [3.63, 3.8) is 0 Å². The highest BCUT2D eigenvalue weighted by atomic mass is 35.5. The van der Waals surface area contributed by atoms with E-state index in [2.05, 4.69) is 10.3 Å². The molecule has 7 heteroatoms. The van der Waals surface area contributed by atoms with Gasteiger partial charge in [0.05, 0.1) is 18.1 Å². The Kier molecular flexibility index (Phi) is 6.82. The third-order valence-corrected chi connectivity index (χ3v) is 4.03. The Balaban J connectivity index is 1.94. The lowest BCUT2D eigenvalue weighted by atomic mass is 10.1. The highest BCUT2D eigenvalue weighted by Crippen LogP contribution is 2.28. The zero-order valence-electron chi connectivity index (χ0n) is 13.3. The topological polar surface area (TPSA) is 68.3 Å². The number of rotatable bonds is 7. The van der Waals surface area contributed by atoms with Crippen LogP contribution < -0.4 is 5.32 Å². The van der Waals surface area contributed by atoms with E-state index in [1.165, 1.54) is 6.20 Å². The molecule has 1 aromatic heterocycles. The predicted octanol–water partition coefficient (Wildman–Crippen LogP) is 4.00. The third-order valence-electron chi connectivity index (χ3n) is 3.43. The van der Waals surface area contributed by atoms with Gasteiger partial charge in [-0.1, -0.05) is 42.6 Å². The number of pyridine rings is 1. The van der Waals surface area contributed by atoms with Crippen molar-refractivity contribution in [2.75, 3.05) is 13.2 Å². The van der Waals surface area contributed by atoms with Crippen LogP contribution in [-0.2, 0) is 9.53 Å². The standard InChI is InChI=1S/C17H18Cl2N2O3/c1-2-3-8-24-15(22)6-7-20-17(23)11-4-5-12-13(9-11)16(19)21-10-14(12)18/h4-5,9-10H,2-3,6-8H2,1H3,(H,20,23). The van der Waals surface area contributed by atoms with E-state index >= 15 is 0 Å². The van der Waals surface area contributed by atoms with Crippen LogP contribution in [0.2, 0.25) is 10.2 Å². The van der Waals surface area contributed by atoms with Crippen molar-refractivity contribution in [2.24, 2.45) is 0 Å². The van der Waals surface area contributed by atoms with Gasteiger partial charge in [-0.2, -0.15) is 0 Å². The highest BCUT2D eigenvalue weighted by molar-refractivity contribution is 6.39. The number of amides is 1. The van der Waals surface area contributed by atoms with Crippen molar-refractivity contribution in [3.05, 3.63) is 40.1 Å². The number of benzene rings is 1. The number of carbonyl (C=O) groups is 2. The van der Waals surface area contributed by atoms with Gasteiger partial charge in [-0.05, 0) is 18.6 Å². The lowest BCUT2D eigenvalue weighted by Crippen LogP contribution is -2.26. The Morgan fingerprint density at radius 3 is 2.79 bits per heavy atom. The number of esters is 1. The fourth-order valence-electron chi connectivity index (χ4n) is 2.10. The Labute approximate surface area is 150 Å². The van der Waals surface area contributed by atoms with Crippen LogP contribution in [-0.4, -0.2) is 30.0 Å². The molecule has 0 aliphatic heterocycles. The summed E-state index contributed by atoms with van der Waals surface area (Å²) >= 11 is 12.1. The number of fused-ring (bicyclic) bond motifs is 1. The molecule has 0 radical (unpaired) electrons. The molecule has 2 aromatic rings. The Morgan fingerprint density at radius 1 is 1.25 bits per heavy atom. The fraction of sp³-hybridized carbons (Fsp3) is 0.353. The highest BCUT2D eigenvalue weighted by Gasteiger charge is 2.11. The summed E-state index contributed by atoms with van der Waals surface area (Å²) < 4.78 is 5.03. The van der Waals surface area contributed by atoms with E-state index in [0.29, 0.717) is 22.6 Å². The van der Waals surface area contributed by atoms with Crippen LogP contribution in [0.4, 0.5) is 0 Å². The largest absolute Gasteiger partial charge is 0.466 e. The van der Waals surface area contributed by atoms with E-state index in [0.717, 1.165) is 18.2 Å². The van der Waals surface area contributed by atoms with Crippen LogP contribution >= 0.6 is 23.2 Å². The minimum absolute atomic E-state index is 0.136. The first kappa shape index (κ1) is 18.5. The second kappa shape index (κ2) is 8.85. The first-order valence-corrected chi connectivity index (χ1v) is 8.46. The van der Waals surface area contributed by atoms with Crippen molar-refractivity contribution < 1.29 is 14.3 Å². The number of hydrogen-bond donors (Lipinski definition) is 1. The number of ether oxygens (including phenoxy) is 1. The van der Waals surface area contributed by atoms with Gasteiger partial charge in [0.25, 0.3) is 5.91 Å². The monoisotopic (exact) mass is 368 g/mol. The van der Waals surface area contributed by atoms with Crippen molar-refractivity contribution >= 4 is 45.9 Å². The van der Waals surface area contributed by atoms with Gasteiger partial charge in [0.1, 0.15) is 5.15 Å². The molecule has 0 fully saturated rings. The van der Waals surface area contributed by atoms with E-state index < -0.39 is 0 Å². The Hall–Kier alpha value is -1.85. The van der Waals surface area contributed by atoms with Gasteiger partial charge in [0, 0.05) is 29.1 Å². The number of nitrogens with one attached hydrogen (secondary N) is 1. The van der Waals surface area contributed by atoms with Crippen molar-refractivity contribution in [3.8, 4) is 0 Å². The summed E-state index contributed by atoms with van der Waals surface area (Å²) in [4.78, 5) is 27.6. The molecule has 1 N–H and O–H groups in total. The summed E-state index contributed by atoms with van der Waals surface area (Å²) in [5.74, 6) is -0.615. The van der Waals surface area contributed by atoms with Gasteiger partial charge < -0.3 is 10.1 Å². The van der Waals surface area contributed by atoms with Gasteiger partial charge in [0.2, 0.25) is 0 Å². The number of hydrogen-bond acceptors (Lipinski definition) is 4. The fourth-order valence-corrected chi connectivity index (χ4v) is 2.52. The van der Waals surface area contributed by atoms with Crippen molar-refractivity contribution in [2.45, 2.75) is 26.2 Å². The van der Waals surface area contributed by atoms with Gasteiger partial charge >= 0.3 is 5.97 Å². The van der Waals surface area contributed by atoms with Crippen LogP contribution in [0, 0.1) is 0 Å². The molecule has 0 unspecified atom stereocenters. The molecular weight excluding hydrogens is 351 g/mol. The third kappa shape index (κ3) is 4.82. The number of carbonyl (C=O) groups excluding carboxylic acids is 2. The summed E-state index contributed by atoms with van der Waals surface area (Å²) in [5.41, 5.74) is 0.424. The molecule has 1 heterocycles. The maximum Gasteiger partial charge on any atom is 0.307 e. The number of halogens is 2. The molecule has 0 bridgehead atoms. The molecule has 0 aliphatic carbocycles. The van der Waals surface area contributed by atoms with Gasteiger partial charge in [0.15, 0.2) is 0 Å². The number of nitrogens with zero attached hydrogens (tertiary/aromatic N) is 1. The maximum atomic E-state index is 12.2. The first-order valence-electron chi connectivity index (χ1n) is 7.70. The van der Waals surface area contributed by atoms with E-state index in [-0.39, 0.29) is 30.0 Å². The predicted molar refractivity (Wildman–Crippen MR) is 94.6 cm³/mol. The Morgan fingerprint density at radius 2 is 2.04 bits per heavy atom. The normalized spacial score (nSPS) is 10.6. The molecule has 2 rings (SSSR count). The molecule has 128 valence electrons. The summed E-state index contributed by atoms with van der Waals surface area (Å²) in [7, 11) is 0. The molecule has 0 saturated carbocycles. The number of unbranched alkanes of at least 4 members (excludes halogenated alkanes) is 1. The van der Waals surface area contributed by atoms with Crippen LogP contribution in [0.5, 0.6) is 0 Å². The second-order valence-electron chi connectivity index (χ2n) is 5.24. The maximum absolute atomic E-state index is 12.2. The lowest BCUT2D eigenvalue weighted by molar-refractivity contribution is -0.143. The molecule has 0 saturated heterocycles. The molecular formula is C17H18Cl2N2O3. The van der Waals surface area contributed by atoms with Crippen LogP contribution in [0.25, 0.3) is 10.8 Å². The summed E-state index contributed by atoms with van der Waals surface area (Å²) in [6.45, 7) is 2.65. The molecule has 0 atom stereocenters. The molecule has 24 heavy (non-hydrogen) atoms. The van der Waals surface area contributed by atoms with Crippen molar-refractivity contribution in [1.82, 2.24) is 10.3 Å². The average Bonchev–Trinajstić information content (AvgIpc) is 2.58. The minimum atomic E-state index is -0.318. The smallest absolute Gasteiger partial charge is 0.307 e. The minimum Gasteiger partial charge on any atom is -0.466 e. The van der Waals surface area contributed by atoms with E-state index in [1.54, 1.807) is 18.2 Å². The molecule has 0 aliphatic rings. The van der Waals surface area contributed by atoms with Gasteiger partial charge in [-0.3, -0.25) is 9.59 Å². The SMILES string of the molecule is CCCCOC(=O)CCNC(=O)c1ccc2c(Cl)cnc(Cl)c2c1. The summed E-state index contributed by atoms with van der Waals surface area (Å²) in [5, 5.41) is 4.77. The van der Waals surface area contributed by atoms with Crippen LogP contribution in [0.3, 0.4) is 0 Å². The quantitative estimate of drug-likeness (QED) is 0.455. The second-order valence-corrected chi connectivity index (χ2v) is 6.00. The molecule has 5 nitrogen and oxygen atoms in total. The zero-order valence-corrected chi connectivity index (χ0v) is 14.8. The van der Waals surface area contributed by atoms with E-state index in [1.807, 2.05) is 6.92 Å². The Bertz CT molecular complexity index is 750. The van der Waals surface area contributed by atoms with Crippen molar-refractivity contribution in [1.29, 1.82) is 0 Å². The van der Waals surface area contributed by atoms with Gasteiger partial charge in [-0.25, -0.2) is 4.98 Å². The van der Waals surface area contributed by atoms with E-state index in [4.69, 9.17) is 27.9 Å².